The Kier molecular flexibility index (Phi) is 6.13. The average molecular weight is 425 g/mol. The number of nitrogens with one attached hydrogen (secondary N) is 1. The Morgan fingerprint density at radius 2 is 1.93 bits per heavy atom. The molecule has 1 N–H and O–H groups in total. The van der Waals surface area contributed by atoms with Crippen molar-refractivity contribution < 1.29 is 14.3 Å². The number of benzene rings is 1. The first kappa shape index (κ1) is 20.2. The number of carbonyl (C=O) groups excluding carboxylic acids is 1. The average Bonchev–Trinajstić information content (AvgIpc) is 3.34. The Bertz CT molecular complexity index is 984. The Balaban J connectivity index is 1.36. The van der Waals surface area contributed by atoms with Crippen LogP contribution < -0.4 is 19.7 Å². The second-order valence-corrected chi connectivity index (χ2v) is 8.02. The van der Waals surface area contributed by atoms with Gasteiger partial charge in [-0.25, -0.2) is 0 Å². The number of amides is 1. The van der Waals surface area contributed by atoms with Crippen molar-refractivity contribution in [3.8, 4) is 22.1 Å². The van der Waals surface area contributed by atoms with Crippen LogP contribution in [-0.4, -0.2) is 43.4 Å². The Labute approximate surface area is 179 Å². The zero-order valence-corrected chi connectivity index (χ0v) is 17.8. The quantitative estimate of drug-likeness (QED) is 0.643. The molecule has 2 aromatic heterocycles. The van der Waals surface area contributed by atoms with Crippen LogP contribution >= 0.6 is 11.3 Å². The number of methoxy groups -OCH3 is 2. The number of nitrogens with zero attached hydrogens (tertiary/aromatic N) is 3. The molecule has 0 atom stereocenters. The highest BCUT2D eigenvalue weighted by Gasteiger charge is 2.26. The zero-order chi connectivity index (χ0) is 20.9. The van der Waals surface area contributed by atoms with Crippen LogP contribution in [0.4, 0.5) is 11.5 Å². The molecule has 3 heterocycles. The van der Waals surface area contributed by atoms with Crippen LogP contribution in [0.1, 0.15) is 12.8 Å². The molecule has 1 aliphatic rings. The standard InChI is InChI=1S/C22H24N4O3S/c1-28-16-5-7-19(29-2)18(14-16)23-22(27)15-9-11-26(12-10-15)21-8-6-17(24-25-21)20-4-3-13-30-20/h3-8,13-15H,9-12H2,1-2H3,(H,23,27). The van der Waals surface area contributed by atoms with E-state index in [1.54, 1.807) is 43.8 Å². The molecule has 1 saturated heterocycles. The topological polar surface area (TPSA) is 76.6 Å². The monoisotopic (exact) mass is 424 g/mol. The highest BCUT2D eigenvalue weighted by molar-refractivity contribution is 7.13. The predicted octanol–water partition coefficient (Wildman–Crippen LogP) is 4.08. The molecule has 1 fully saturated rings. The second kappa shape index (κ2) is 9.13. The van der Waals surface area contributed by atoms with Gasteiger partial charge < -0.3 is 19.7 Å². The van der Waals surface area contributed by atoms with E-state index in [0.29, 0.717) is 17.2 Å². The van der Waals surface area contributed by atoms with E-state index >= 15 is 0 Å². The summed E-state index contributed by atoms with van der Waals surface area (Å²) in [6, 6.07) is 13.4. The molecule has 8 heteroatoms. The van der Waals surface area contributed by atoms with Crippen LogP contribution in [-0.2, 0) is 4.79 Å². The molecule has 0 aliphatic carbocycles. The number of ether oxygens (including phenoxy) is 2. The normalized spacial score (nSPS) is 14.4. The van der Waals surface area contributed by atoms with Crippen molar-refractivity contribution in [1.29, 1.82) is 0 Å². The van der Waals surface area contributed by atoms with Gasteiger partial charge >= 0.3 is 0 Å². The largest absolute Gasteiger partial charge is 0.497 e. The molecule has 7 nitrogen and oxygen atoms in total. The minimum atomic E-state index is -0.0597. The summed E-state index contributed by atoms with van der Waals surface area (Å²) in [6.45, 7) is 1.53. The third kappa shape index (κ3) is 4.38. The number of rotatable bonds is 6. The summed E-state index contributed by atoms with van der Waals surface area (Å²) >= 11 is 1.65. The van der Waals surface area contributed by atoms with Crippen molar-refractivity contribution >= 4 is 28.7 Å². The highest BCUT2D eigenvalue weighted by Crippen LogP contribution is 2.31. The molecule has 30 heavy (non-hydrogen) atoms. The molecule has 156 valence electrons. The van der Waals surface area contributed by atoms with E-state index in [-0.39, 0.29) is 11.8 Å². The van der Waals surface area contributed by atoms with Crippen molar-refractivity contribution in [2.45, 2.75) is 12.8 Å². The van der Waals surface area contributed by atoms with Crippen LogP contribution in [0.25, 0.3) is 10.6 Å². The first-order valence-electron chi connectivity index (χ1n) is 9.83. The lowest BCUT2D eigenvalue weighted by atomic mass is 9.95. The molecular formula is C22H24N4O3S. The smallest absolute Gasteiger partial charge is 0.227 e. The van der Waals surface area contributed by atoms with Gasteiger partial charge in [0.15, 0.2) is 5.82 Å². The Hall–Kier alpha value is -3.13. The van der Waals surface area contributed by atoms with E-state index in [4.69, 9.17) is 9.47 Å². The van der Waals surface area contributed by atoms with Gasteiger partial charge in [0.05, 0.1) is 24.8 Å². The molecule has 0 radical (unpaired) electrons. The highest BCUT2D eigenvalue weighted by atomic mass is 32.1. The molecule has 0 unspecified atom stereocenters. The maximum Gasteiger partial charge on any atom is 0.227 e. The van der Waals surface area contributed by atoms with Gasteiger partial charge in [-0.3, -0.25) is 4.79 Å². The van der Waals surface area contributed by atoms with Crippen LogP contribution in [0.5, 0.6) is 11.5 Å². The zero-order valence-electron chi connectivity index (χ0n) is 17.0. The lowest BCUT2D eigenvalue weighted by molar-refractivity contribution is -0.120. The summed E-state index contributed by atoms with van der Waals surface area (Å²) in [7, 11) is 3.18. The van der Waals surface area contributed by atoms with E-state index in [2.05, 4.69) is 20.4 Å². The number of hydrogen-bond donors (Lipinski definition) is 1. The van der Waals surface area contributed by atoms with Gasteiger partial charge in [-0.05, 0) is 48.6 Å². The number of piperidine rings is 1. The summed E-state index contributed by atoms with van der Waals surface area (Å²) in [4.78, 5) is 16.1. The summed E-state index contributed by atoms with van der Waals surface area (Å²) in [5.41, 5.74) is 1.51. The van der Waals surface area contributed by atoms with Crippen molar-refractivity contribution in [2.75, 3.05) is 37.5 Å². The van der Waals surface area contributed by atoms with Crippen LogP contribution in [0.3, 0.4) is 0 Å². The summed E-state index contributed by atoms with van der Waals surface area (Å²) < 4.78 is 10.6. The number of anilines is 2. The number of carbonyl (C=O) groups is 1. The first-order valence-corrected chi connectivity index (χ1v) is 10.7. The van der Waals surface area contributed by atoms with Crippen molar-refractivity contribution in [1.82, 2.24) is 10.2 Å². The fraction of sp³-hybridized carbons (Fsp3) is 0.318. The van der Waals surface area contributed by atoms with Gasteiger partial charge in [-0.2, -0.15) is 0 Å². The lowest BCUT2D eigenvalue weighted by Gasteiger charge is -2.32. The summed E-state index contributed by atoms with van der Waals surface area (Å²) in [5, 5.41) is 13.8. The number of hydrogen-bond acceptors (Lipinski definition) is 7. The van der Waals surface area contributed by atoms with Crippen LogP contribution in [0.15, 0.2) is 47.8 Å². The van der Waals surface area contributed by atoms with Crippen molar-refractivity contribution in [3.63, 3.8) is 0 Å². The molecular weight excluding hydrogens is 400 g/mol. The summed E-state index contributed by atoms with van der Waals surface area (Å²) in [5.74, 6) is 2.08. The maximum absolute atomic E-state index is 12.8. The van der Waals surface area contributed by atoms with Crippen LogP contribution in [0.2, 0.25) is 0 Å². The molecule has 0 bridgehead atoms. The fourth-order valence-corrected chi connectivity index (χ4v) is 4.26. The number of aromatic nitrogens is 2. The predicted molar refractivity (Wildman–Crippen MR) is 118 cm³/mol. The lowest BCUT2D eigenvalue weighted by Crippen LogP contribution is -2.38. The maximum atomic E-state index is 12.8. The molecule has 3 aromatic rings. The van der Waals surface area contributed by atoms with Crippen LogP contribution in [0, 0.1) is 5.92 Å². The van der Waals surface area contributed by atoms with E-state index in [0.717, 1.165) is 42.3 Å². The minimum absolute atomic E-state index is 0.000306. The van der Waals surface area contributed by atoms with Gasteiger partial charge in [0.1, 0.15) is 17.2 Å². The molecule has 1 aromatic carbocycles. The van der Waals surface area contributed by atoms with E-state index in [1.807, 2.05) is 29.6 Å². The van der Waals surface area contributed by atoms with Gasteiger partial charge in [0, 0.05) is 25.1 Å². The first-order chi connectivity index (χ1) is 14.7. The number of thiophene rings is 1. The molecule has 0 saturated carbocycles. The van der Waals surface area contributed by atoms with E-state index in [1.165, 1.54) is 0 Å². The molecule has 4 rings (SSSR count). The summed E-state index contributed by atoms with van der Waals surface area (Å²) in [6.07, 6.45) is 1.51. The van der Waals surface area contributed by atoms with Gasteiger partial charge in [0.25, 0.3) is 0 Å². The minimum Gasteiger partial charge on any atom is -0.497 e. The van der Waals surface area contributed by atoms with E-state index in [9.17, 15) is 4.79 Å². The Morgan fingerprint density at radius 3 is 2.57 bits per heavy atom. The SMILES string of the molecule is COc1ccc(OC)c(NC(=O)C2CCN(c3ccc(-c4cccs4)nn3)CC2)c1. The molecule has 1 aliphatic heterocycles. The molecule has 0 spiro atoms. The van der Waals surface area contributed by atoms with E-state index < -0.39 is 0 Å². The second-order valence-electron chi connectivity index (χ2n) is 7.07. The fourth-order valence-electron chi connectivity index (χ4n) is 3.57. The molecule has 1 amide bonds. The third-order valence-corrected chi connectivity index (χ3v) is 6.17. The van der Waals surface area contributed by atoms with Crippen molar-refractivity contribution in [2.24, 2.45) is 5.92 Å². The van der Waals surface area contributed by atoms with Gasteiger partial charge in [-0.15, -0.1) is 21.5 Å². The van der Waals surface area contributed by atoms with Gasteiger partial charge in [-0.1, -0.05) is 6.07 Å². The third-order valence-electron chi connectivity index (χ3n) is 5.28. The van der Waals surface area contributed by atoms with Crippen molar-refractivity contribution in [3.05, 3.63) is 47.8 Å². The Morgan fingerprint density at radius 1 is 1.10 bits per heavy atom. The van der Waals surface area contributed by atoms with Gasteiger partial charge in [0.2, 0.25) is 5.91 Å².